The van der Waals surface area contributed by atoms with Crippen LogP contribution in [0.2, 0.25) is 5.02 Å². The van der Waals surface area contributed by atoms with Gasteiger partial charge in [-0.1, -0.05) is 29.8 Å². The van der Waals surface area contributed by atoms with Crippen molar-refractivity contribution < 1.29 is 0 Å². The predicted octanol–water partition coefficient (Wildman–Crippen LogP) is 3.54. The van der Waals surface area contributed by atoms with Crippen molar-refractivity contribution in [1.82, 2.24) is 9.88 Å². The predicted molar refractivity (Wildman–Crippen MR) is 93.3 cm³/mol. The third kappa shape index (κ3) is 5.09. The molecule has 22 heavy (non-hydrogen) atoms. The molecular formula is C18H24ClN3. The molecule has 1 unspecified atom stereocenters. The molecule has 118 valence electrons. The van der Waals surface area contributed by atoms with Gasteiger partial charge in [0.2, 0.25) is 0 Å². The number of halogens is 1. The molecule has 1 aromatic heterocycles. The maximum Gasteiger partial charge on any atom is 0.0478 e. The van der Waals surface area contributed by atoms with Crippen molar-refractivity contribution in [1.29, 1.82) is 0 Å². The van der Waals surface area contributed by atoms with E-state index in [2.05, 4.69) is 35.1 Å². The molecule has 1 atom stereocenters. The fourth-order valence-corrected chi connectivity index (χ4v) is 2.71. The summed E-state index contributed by atoms with van der Waals surface area (Å²) in [7, 11) is 2.15. The van der Waals surface area contributed by atoms with Crippen LogP contribution < -0.4 is 5.73 Å². The highest BCUT2D eigenvalue weighted by Gasteiger charge is 2.16. The SMILES string of the molecule is CN(CCCN)CCC(c1ccc(Cl)cc1)c1ccccn1. The van der Waals surface area contributed by atoms with Gasteiger partial charge in [-0.25, -0.2) is 0 Å². The fraction of sp³-hybridized carbons (Fsp3) is 0.389. The van der Waals surface area contributed by atoms with E-state index in [1.165, 1.54) is 5.56 Å². The van der Waals surface area contributed by atoms with Crippen LogP contribution in [0.1, 0.15) is 30.0 Å². The van der Waals surface area contributed by atoms with Gasteiger partial charge in [0, 0.05) is 22.8 Å². The van der Waals surface area contributed by atoms with Gasteiger partial charge >= 0.3 is 0 Å². The third-order valence-electron chi connectivity index (χ3n) is 3.86. The van der Waals surface area contributed by atoms with E-state index < -0.39 is 0 Å². The first-order valence-electron chi connectivity index (χ1n) is 7.75. The Hall–Kier alpha value is -1.42. The molecular weight excluding hydrogens is 294 g/mol. The Kier molecular flexibility index (Phi) is 6.84. The van der Waals surface area contributed by atoms with E-state index in [1.54, 1.807) is 0 Å². The Bertz CT molecular complexity index is 542. The van der Waals surface area contributed by atoms with Crippen LogP contribution in [0.15, 0.2) is 48.7 Å². The average molecular weight is 318 g/mol. The Morgan fingerprint density at radius 3 is 2.55 bits per heavy atom. The molecule has 0 saturated carbocycles. The largest absolute Gasteiger partial charge is 0.330 e. The summed E-state index contributed by atoms with van der Waals surface area (Å²) >= 11 is 6.01. The van der Waals surface area contributed by atoms with E-state index in [9.17, 15) is 0 Å². The van der Waals surface area contributed by atoms with Crippen LogP contribution in [0.3, 0.4) is 0 Å². The van der Waals surface area contributed by atoms with Crippen molar-refractivity contribution in [3.05, 3.63) is 64.9 Å². The lowest BCUT2D eigenvalue weighted by Gasteiger charge is -2.22. The van der Waals surface area contributed by atoms with Crippen molar-refractivity contribution in [2.24, 2.45) is 5.73 Å². The molecule has 0 spiro atoms. The Labute approximate surface area is 138 Å². The van der Waals surface area contributed by atoms with Crippen molar-refractivity contribution in [2.45, 2.75) is 18.8 Å². The smallest absolute Gasteiger partial charge is 0.0478 e. The number of hydrogen-bond donors (Lipinski definition) is 1. The summed E-state index contributed by atoms with van der Waals surface area (Å²) in [5, 5.41) is 0.767. The second kappa shape index (κ2) is 8.89. The lowest BCUT2D eigenvalue weighted by molar-refractivity contribution is 0.320. The van der Waals surface area contributed by atoms with Crippen LogP contribution in [0.5, 0.6) is 0 Å². The summed E-state index contributed by atoms with van der Waals surface area (Å²) in [6.07, 6.45) is 3.92. The molecule has 0 aliphatic carbocycles. The van der Waals surface area contributed by atoms with Gasteiger partial charge in [0.1, 0.15) is 0 Å². The zero-order valence-corrected chi connectivity index (χ0v) is 13.8. The molecule has 0 aliphatic rings. The minimum Gasteiger partial charge on any atom is -0.330 e. The van der Waals surface area contributed by atoms with Gasteiger partial charge < -0.3 is 10.6 Å². The molecule has 2 rings (SSSR count). The van der Waals surface area contributed by atoms with Crippen LogP contribution >= 0.6 is 11.6 Å². The number of benzene rings is 1. The maximum atomic E-state index is 6.01. The van der Waals surface area contributed by atoms with E-state index in [4.69, 9.17) is 17.3 Å². The molecule has 4 heteroatoms. The van der Waals surface area contributed by atoms with Gasteiger partial charge in [-0.15, -0.1) is 0 Å². The van der Waals surface area contributed by atoms with Crippen LogP contribution in [0, 0.1) is 0 Å². The number of pyridine rings is 1. The summed E-state index contributed by atoms with van der Waals surface area (Å²) < 4.78 is 0. The van der Waals surface area contributed by atoms with Gasteiger partial charge in [0.25, 0.3) is 0 Å². The minimum atomic E-state index is 0.291. The monoisotopic (exact) mass is 317 g/mol. The van der Waals surface area contributed by atoms with Gasteiger partial charge in [0.15, 0.2) is 0 Å². The van der Waals surface area contributed by atoms with Gasteiger partial charge in [0.05, 0.1) is 0 Å². The lowest BCUT2D eigenvalue weighted by atomic mass is 9.92. The second-order valence-electron chi connectivity index (χ2n) is 5.59. The number of aromatic nitrogens is 1. The highest BCUT2D eigenvalue weighted by molar-refractivity contribution is 6.30. The first kappa shape index (κ1) is 16.9. The van der Waals surface area contributed by atoms with Crippen LogP contribution in [0.4, 0.5) is 0 Å². The Morgan fingerprint density at radius 2 is 1.91 bits per heavy atom. The zero-order chi connectivity index (χ0) is 15.8. The van der Waals surface area contributed by atoms with Gasteiger partial charge in [-0.2, -0.15) is 0 Å². The standard InChI is InChI=1S/C18H24ClN3/c1-22(13-4-11-20)14-10-17(18-5-2-3-12-21-18)15-6-8-16(19)9-7-15/h2-3,5-9,12,17H,4,10-11,13-14,20H2,1H3. The molecule has 0 radical (unpaired) electrons. The first-order valence-corrected chi connectivity index (χ1v) is 8.13. The zero-order valence-electron chi connectivity index (χ0n) is 13.1. The first-order chi connectivity index (χ1) is 10.7. The van der Waals surface area contributed by atoms with Crippen LogP contribution in [0.25, 0.3) is 0 Å². The molecule has 2 N–H and O–H groups in total. The van der Waals surface area contributed by atoms with E-state index in [0.29, 0.717) is 5.92 Å². The van der Waals surface area contributed by atoms with Gasteiger partial charge in [-0.05, 0) is 69.4 Å². The summed E-state index contributed by atoms with van der Waals surface area (Å²) in [6.45, 7) is 2.79. The topological polar surface area (TPSA) is 42.1 Å². The lowest BCUT2D eigenvalue weighted by Crippen LogP contribution is -2.24. The highest BCUT2D eigenvalue weighted by atomic mass is 35.5. The Balaban J connectivity index is 2.10. The van der Waals surface area contributed by atoms with Crippen molar-refractivity contribution in [3.8, 4) is 0 Å². The molecule has 2 aromatic rings. The van der Waals surface area contributed by atoms with Crippen molar-refractivity contribution >= 4 is 11.6 Å². The van der Waals surface area contributed by atoms with E-state index >= 15 is 0 Å². The van der Waals surface area contributed by atoms with E-state index in [-0.39, 0.29) is 0 Å². The second-order valence-corrected chi connectivity index (χ2v) is 6.03. The van der Waals surface area contributed by atoms with Gasteiger partial charge in [-0.3, -0.25) is 4.98 Å². The molecule has 0 fully saturated rings. The normalized spacial score (nSPS) is 12.5. The molecule has 1 aromatic carbocycles. The summed E-state index contributed by atoms with van der Waals surface area (Å²) in [4.78, 5) is 6.88. The maximum absolute atomic E-state index is 6.01. The minimum absolute atomic E-state index is 0.291. The summed E-state index contributed by atoms with van der Waals surface area (Å²) in [5.41, 5.74) is 7.95. The molecule has 0 saturated heterocycles. The molecule has 1 heterocycles. The number of hydrogen-bond acceptors (Lipinski definition) is 3. The van der Waals surface area contributed by atoms with Crippen molar-refractivity contribution in [3.63, 3.8) is 0 Å². The quantitative estimate of drug-likeness (QED) is 0.809. The summed E-state index contributed by atoms with van der Waals surface area (Å²) in [5.74, 6) is 0.291. The van der Waals surface area contributed by atoms with E-state index in [1.807, 2.05) is 30.5 Å². The van der Waals surface area contributed by atoms with Crippen molar-refractivity contribution in [2.75, 3.05) is 26.7 Å². The Morgan fingerprint density at radius 1 is 1.14 bits per heavy atom. The summed E-state index contributed by atoms with van der Waals surface area (Å²) in [6, 6.07) is 14.2. The van der Waals surface area contributed by atoms with E-state index in [0.717, 1.165) is 43.2 Å². The highest BCUT2D eigenvalue weighted by Crippen LogP contribution is 2.27. The molecule has 0 bridgehead atoms. The molecule has 3 nitrogen and oxygen atoms in total. The van der Waals surface area contributed by atoms with Crippen LogP contribution in [-0.4, -0.2) is 36.6 Å². The van der Waals surface area contributed by atoms with Crippen LogP contribution in [-0.2, 0) is 0 Å². The fourth-order valence-electron chi connectivity index (χ4n) is 2.58. The number of nitrogens with zero attached hydrogens (tertiary/aromatic N) is 2. The molecule has 0 amide bonds. The average Bonchev–Trinajstić information content (AvgIpc) is 2.55. The number of rotatable bonds is 8. The number of nitrogens with two attached hydrogens (primary N) is 1. The third-order valence-corrected chi connectivity index (χ3v) is 4.11. The molecule has 0 aliphatic heterocycles.